The lowest BCUT2D eigenvalue weighted by Gasteiger charge is -1.91. The normalized spacial score (nSPS) is 11.4. The number of nitrogens with two attached hydrogens (primary N) is 1. The van der Waals surface area contributed by atoms with Crippen LogP contribution in [0.4, 0.5) is 5.69 Å². The molecule has 0 aliphatic rings. The number of rotatable bonds is 2. The van der Waals surface area contributed by atoms with Gasteiger partial charge in [0.05, 0.1) is 5.69 Å². The van der Waals surface area contributed by atoms with Crippen LogP contribution >= 0.6 is 0 Å². The van der Waals surface area contributed by atoms with E-state index in [0.717, 1.165) is 5.69 Å². The van der Waals surface area contributed by atoms with E-state index in [1.807, 2.05) is 31.2 Å². The van der Waals surface area contributed by atoms with E-state index in [1.54, 1.807) is 0 Å². The van der Waals surface area contributed by atoms with Crippen LogP contribution in [0.15, 0.2) is 39.6 Å². The summed E-state index contributed by atoms with van der Waals surface area (Å²) in [6, 6.07) is 7.69. The summed E-state index contributed by atoms with van der Waals surface area (Å²) in [4.78, 5) is 0. The lowest BCUT2D eigenvalue weighted by Crippen LogP contribution is -1.77. The van der Waals surface area contributed by atoms with Gasteiger partial charge >= 0.3 is 0 Å². The Morgan fingerprint density at radius 2 is 1.92 bits per heavy atom. The molecule has 12 heavy (non-hydrogen) atoms. The van der Waals surface area contributed by atoms with Crippen molar-refractivity contribution in [2.45, 2.75) is 6.92 Å². The molecule has 1 aromatic carbocycles. The van der Waals surface area contributed by atoms with E-state index in [4.69, 9.17) is 5.84 Å². The van der Waals surface area contributed by atoms with Crippen molar-refractivity contribution in [3.63, 3.8) is 0 Å². The number of aryl methyl sites for hydroxylation is 1. The molecule has 0 amide bonds. The average molecular weight is 162 g/mol. The first-order chi connectivity index (χ1) is 5.83. The number of hydrogen-bond donors (Lipinski definition) is 1. The van der Waals surface area contributed by atoms with Gasteiger partial charge in [-0.15, -0.1) is 10.2 Å². The fourth-order valence-corrected chi connectivity index (χ4v) is 0.734. The van der Waals surface area contributed by atoms with Gasteiger partial charge in [-0.3, -0.25) is 0 Å². The van der Waals surface area contributed by atoms with Crippen molar-refractivity contribution in [3.05, 3.63) is 29.8 Å². The van der Waals surface area contributed by atoms with Crippen molar-refractivity contribution < 1.29 is 0 Å². The number of azo groups is 1. The standard InChI is InChI=1S/C8H10N4/c1-7-2-4-8(5-3-7)12-11-6-10-9/h2-6H,9H2,1H3/b10-6+,12-11?. The van der Waals surface area contributed by atoms with Gasteiger partial charge in [-0.1, -0.05) is 17.7 Å². The summed E-state index contributed by atoms with van der Waals surface area (Å²) in [6.45, 7) is 2.02. The van der Waals surface area contributed by atoms with E-state index in [9.17, 15) is 0 Å². The van der Waals surface area contributed by atoms with E-state index in [0.29, 0.717) is 0 Å². The van der Waals surface area contributed by atoms with Crippen LogP contribution in [0.3, 0.4) is 0 Å². The molecule has 4 heteroatoms. The second-order valence-corrected chi connectivity index (χ2v) is 2.32. The molecule has 0 radical (unpaired) electrons. The highest BCUT2D eigenvalue weighted by atomic mass is 15.2. The van der Waals surface area contributed by atoms with Gasteiger partial charge in [-0.2, -0.15) is 5.10 Å². The molecule has 0 aliphatic heterocycles. The van der Waals surface area contributed by atoms with Crippen molar-refractivity contribution in [1.82, 2.24) is 0 Å². The molecule has 0 heterocycles. The highest BCUT2D eigenvalue weighted by Crippen LogP contribution is 2.11. The minimum atomic E-state index is 0.792. The lowest BCUT2D eigenvalue weighted by atomic mass is 10.2. The summed E-state index contributed by atoms with van der Waals surface area (Å²) < 4.78 is 0. The predicted octanol–water partition coefficient (Wildman–Crippen LogP) is 1.98. The molecule has 1 aromatic rings. The zero-order valence-corrected chi connectivity index (χ0v) is 6.81. The Morgan fingerprint density at radius 1 is 1.25 bits per heavy atom. The smallest absolute Gasteiger partial charge is 0.157 e. The Morgan fingerprint density at radius 3 is 2.50 bits per heavy atom. The van der Waals surface area contributed by atoms with Gasteiger partial charge in [0, 0.05) is 0 Å². The SMILES string of the molecule is Cc1ccc(N=N/C=N/N)cc1. The summed E-state index contributed by atoms with van der Waals surface area (Å²) in [7, 11) is 0. The van der Waals surface area contributed by atoms with Gasteiger partial charge in [0.2, 0.25) is 0 Å². The molecule has 4 nitrogen and oxygen atoms in total. The van der Waals surface area contributed by atoms with Crippen LogP contribution in [0, 0.1) is 6.92 Å². The number of hydrazone groups is 1. The predicted molar refractivity (Wildman–Crippen MR) is 48.4 cm³/mol. The van der Waals surface area contributed by atoms with Crippen molar-refractivity contribution in [3.8, 4) is 0 Å². The quantitative estimate of drug-likeness (QED) is 0.233. The fourth-order valence-electron chi connectivity index (χ4n) is 0.734. The zero-order valence-electron chi connectivity index (χ0n) is 6.81. The fraction of sp³-hybridized carbons (Fsp3) is 0.125. The Kier molecular flexibility index (Phi) is 2.95. The molecule has 0 saturated heterocycles. The maximum Gasteiger partial charge on any atom is 0.157 e. The van der Waals surface area contributed by atoms with Crippen LogP contribution in [0.25, 0.3) is 0 Å². The average Bonchev–Trinajstić information content (AvgIpc) is 2.09. The minimum absolute atomic E-state index is 0.792. The third kappa shape index (κ3) is 2.49. The Bertz CT molecular complexity index is 286. The summed E-state index contributed by atoms with van der Waals surface area (Å²) in [5.74, 6) is 4.83. The molecular weight excluding hydrogens is 152 g/mol. The second kappa shape index (κ2) is 4.23. The monoisotopic (exact) mass is 162 g/mol. The molecule has 0 unspecified atom stereocenters. The van der Waals surface area contributed by atoms with Gasteiger partial charge in [0.1, 0.15) is 0 Å². The molecule has 0 fully saturated rings. The third-order valence-corrected chi connectivity index (χ3v) is 1.33. The number of hydrogen-bond acceptors (Lipinski definition) is 3. The number of nitrogens with zero attached hydrogens (tertiary/aromatic N) is 3. The minimum Gasteiger partial charge on any atom is -0.322 e. The van der Waals surface area contributed by atoms with E-state index < -0.39 is 0 Å². The molecule has 0 aliphatic carbocycles. The Hall–Kier alpha value is -1.71. The number of benzene rings is 1. The van der Waals surface area contributed by atoms with Crippen LogP contribution in [0.2, 0.25) is 0 Å². The van der Waals surface area contributed by atoms with Gasteiger partial charge in [-0.25, -0.2) is 0 Å². The van der Waals surface area contributed by atoms with Crippen LogP contribution in [0.1, 0.15) is 5.56 Å². The van der Waals surface area contributed by atoms with Crippen LogP contribution in [-0.2, 0) is 0 Å². The van der Waals surface area contributed by atoms with Gasteiger partial charge in [-0.05, 0) is 19.1 Å². The maximum absolute atomic E-state index is 4.83. The van der Waals surface area contributed by atoms with Crippen molar-refractivity contribution in [1.29, 1.82) is 0 Å². The molecule has 0 bridgehead atoms. The first kappa shape index (κ1) is 8.39. The molecular formula is C8H10N4. The summed E-state index contributed by atoms with van der Waals surface area (Å²) in [6.07, 6.45) is 1.19. The van der Waals surface area contributed by atoms with Gasteiger partial charge in [0.15, 0.2) is 6.34 Å². The highest BCUT2D eigenvalue weighted by Gasteiger charge is 1.86. The summed E-state index contributed by atoms with van der Waals surface area (Å²) in [5.41, 5.74) is 1.99. The van der Waals surface area contributed by atoms with Crippen molar-refractivity contribution in [2.24, 2.45) is 21.2 Å². The highest BCUT2D eigenvalue weighted by molar-refractivity contribution is 5.54. The third-order valence-electron chi connectivity index (χ3n) is 1.33. The molecule has 0 atom stereocenters. The molecule has 2 N–H and O–H groups in total. The summed E-state index contributed by atoms with van der Waals surface area (Å²) >= 11 is 0. The van der Waals surface area contributed by atoms with Crippen LogP contribution in [-0.4, -0.2) is 6.34 Å². The first-order valence-corrected chi connectivity index (χ1v) is 3.52. The van der Waals surface area contributed by atoms with Gasteiger partial charge in [0.25, 0.3) is 0 Å². The van der Waals surface area contributed by atoms with E-state index in [-0.39, 0.29) is 0 Å². The van der Waals surface area contributed by atoms with E-state index in [2.05, 4.69) is 15.3 Å². The molecule has 0 saturated carbocycles. The Balaban J connectivity index is 2.70. The molecule has 0 aromatic heterocycles. The van der Waals surface area contributed by atoms with Crippen LogP contribution in [0.5, 0.6) is 0 Å². The molecule has 0 spiro atoms. The lowest BCUT2D eigenvalue weighted by molar-refractivity contribution is 1.21. The Labute approximate surface area is 70.8 Å². The molecule has 62 valence electrons. The summed E-state index contributed by atoms with van der Waals surface area (Å²) in [5, 5.41) is 10.6. The first-order valence-electron chi connectivity index (χ1n) is 3.52. The van der Waals surface area contributed by atoms with Gasteiger partial charge < -0.3 is 5.84 Å². The van der Waals surface area contributed by atoms with Crippen molar-refractivity contribution in [2.75, 3.05) is 0 Å². The topological polar surface area (TPSA) is 63.1 Å². The second-order valence-electron chi connectivity index (χ2n) is 2.32. The van der Waals surface area contributed by atoms with E-state index >= 15 is 0 Å². The van der Waals surface area contributed by atoms with E-state index in [1.165, 1.54) is 11.9 Å². The maximum atomic E-state index is 4.83. The largest absolute Gasteiger partial charge is 0.322 e. The van der Waals surface area contributed by atoms with Crippen LogP contribution < -0.4 is 5.84 Å². The zero-order chi connectivity index (χ0) is 8.81. The van der Waals surface area contributed by atoms with Crippen molar-refractivity contribution >= 4 is 12.0 Å². The molecule has 1 rings (SSSR count).